The molecule has 1 heterocycles. The molecule has 0 saturated heterocycles. The molecule has 0 fully saturated rings. The lowest BCUT2D eigenvalue weighted by atomic mass is 10.0. The normalized spacial score (nSPS) is 14.4. The van der Waals surface area contributed by atoms with E-state index in [-0.39, 0.29) is 0 Å². The predicted molar refractivity (Wildman–Crippen MR) is 84.2 cm³/mol. The fourth-order valence-electron chi connectivity index (χ4n) is 3.01. The lowest BCUT2D eigenvalue weighted by molar-refractivity contribution is 0.0696. The summed E-state index contributed by atoms with van der Waals surface area (Å²) in [5, 5.41) is 9.12. The number of anilines is 1. The molecule has 1 N–H and O–H groups in total. The third-order valence-corrected chi connectivity index (χ3v) is 4.23. The van der Waals surface area contributed by atoms with E-state index < -0.39 is 5.97 Å². The lowest BCUT2D eigenvalue weighted by Gasteiger charge is -2.23. The summed E-state index contributed by atoms with van der Waals surface area (Å²) in [6.07, 6.45) is 2.08. The molecule has 0 aromatic heterocycles. The zero-order valence-electron chi connectivity index (χ0n) is 12.2. The third-order valence-electron chi connectivity index (χ3n) is 4.23. The Hall–Kier alpha value is -2.29. The van der Waals surface area contributed by atoms with Crippen LogP contribution in [0.1, 0.15) is 27.0 Å². The molecule has 3 heteroatoms. The van der Waals surface area contributed by atoms with E-state index in [9.17, 15) is 4.79 Å². The molecule has 0 unspecified atom stereocenters. The monoisotopic (exact) mass is 281 g/mol. The Morgan fingerprint density at radius 1 is 1.05 bits per heavy atom. The van der Waals surface area contributed by atoms with Crippen molar-refractivity contribution in [2.75, 3.05) is 18.0 Å². The first-order valence-corrected chi connectivity index (χ1v) is 7.31. The topological polar surface area (TPSA) is 40.5 Å². The highest BCUT2D eigenvalue weighted by Crippen LogP contribution is 2.23. The van der Waals surface area contributed by atoms with E-state index in [1.807, 2.05) is 19.1 Å². The number of rotatable bonds is 2. The predicted octanol–water partition coefficient (Wildman–Crippen LogP) is 3.30. The molecular weight excluding hydrogens is 262 g/mol. The van der Waals surface area contributed by atoms with E-state index in [0.717, 1.165) is 37.2 Å². The molecule has 1 aliphatic heterocycles. The van der Waals surface area contributed by atoms with Gasteiger partial charge < -0.3 is 10.0 Å². The van der Waals surface area contributed by atoms with Gasteiger partial charge in [-0.15, -0.1) is 0 Å². The number of carboxylic acid groups (broad SMARTS) is 1. The van der Waals surface area contributed by atoms with Crippen LogP contribution in [0.4, 0.5) is 5.69 Å². The average Bonchev–Trinajstić information content (AvgIpc) is 2.69. The van der Waals surface area contributed by atoms with Crippen molar-refractivity contribution >= 4 is 11.7 Å². The largest absolute Gasteiger partial charge is 0.478 e. The number of benzene rings is 2. The highest BCUT2D eigenvalue weighted by atomic mass is 16.4. The Morgan fingerprint density at radius 2 is 1.67 bits per heavy atom. The van der Waals surface area contributed by atoms with Gasteiger partial charge in [-0.2, -0.15) is 0 Å². The van der Waals surface area contributed by atoms with Crippen molar-refractivity contribution in [2.45, 2.75) is 19.8 Å². The van der Waals surface area contributed by atoms with E-state index in [1.165, 1.54) is 11.1 Å². The van der Waals surface area contributed by atoms with Crippen LogP contribution in [0.15, 0.2) is 42.5 Å². The van der Waals surface area contributed by atoms with Gasteiger partial charge in [0.2, 0.25) is 0 Å². The summed E-state index contributed by atoms with van der Waals surface area (Å²) in [4.78, 5) is 13.4. The second kappa shape index (κ2) is 5.60. The first kappa shape index (κ1) is 13.7. The summed E-state index contributed by atoms with van der Waals surface area (Å²) in [6, 6.07) is 14.2. The van der Waals surface area contributed by atoms with Crippen molar-refractivity contribution in [2.24, 2.45) is 0 Å². The molecule has 2 aromatic carbocycles. The van der Waals surface area contributed by atoms with E-state index >= 15 is 0 Å². The Labute approximate surface area is 124 Å². The molecule has 3 rings (SSSR count). The number of carboxylic acids is 1. The maximum absolute atomic E-state index is 11.1. The summed E-state index contributed by atoms with van der Waals surface area (Å²) in [5.41, 5.74) is 5.18. The molecular formula is C18H19NO2. The highest BCUT2D eigenvalue weighted by Gasteiger charge is 2.15. The van der Waals surface area contributed by atoms with Gasteiger partial charge in [-0.1, -0.05) is 24.3 Å². The van der Waals surface area contributed by atoms with Crippen LogP contribution in [0.25, 0.3) is 0 Å². The number of carbonyl (C=O) groups is 1. The van der Waals surface area contributed by atoms with Gasteiger partial charge in [-0.05, 0) is 54.7 Å². The quantitative estimate of drug-likeness (QED) is 0.918. The Kier molecular flexibility index (Phi) is 3.65. The SMILES string of the molecule is Cc1cc(N2CCc3ccccc3CC2)ccc1C(=O)O. The van der Waals surface area contributed by atoms with E-state index in [4.69, 9.17) is 5.11 Å². The Balaban J connectivity index is 1.83. The second-order valence-corrected chi connectivity index (χ2v) is 5.56. The van der Waals surface area contributed by atoms with Crippen LogP contribution >= 0.6 is 0 Å². The number of aryl methyl sites for hydroxylation is 1. The van der Waals surface area contributed by atoms with Gasteiger partial charge in [0.25, 0.3) is 0 Å². The molecule has 0 aliphatic carbocycles. The zero-order chi connectivity index (χ0) is 14.8. The molecule has 0 bridgehead atoms. The maximum Gasteiger partial charge on any atom is 0.335 e. The van der Waals surface area contributed by atoms with E-state index in [0.29, 0.717) is 5.56 Å². The molecule has 0 radical (unpaired) electrons. The van der Waals surface area contributed by atoms with Crippen LogP contribution in [-0.4, -0.2) is 24.2 Å². The van der Waals surface area contributed by atoms with Crippen molar-refractivity contribution in [3.8, 4) is 0 Å². The standard InChI is InChI=1S/C18H19NO2/c1-13-12-16(6-7-17(13)18(20)21)19-10-8-14-4-2-3-5-15(14)9-11-19/h2-7,12H,8-11H2,1H3,(H,20,21). The number of fused-ring (bicyclic) bond motifs is 1. The minimum Gasteiger partial charge on any atom is -0.478 e. The number of aromatic carboxylic acids is 1. The van der Waals surface area contributed by atoms with Crippen LogP contribution in [-0.2, 0) is 12.8 Å². The fourth-order valence-corrected chi connectivity index (χ4v) is 3.01. The molecule has 21 heavy (non-hydrogen) atoms. The molecule has 0 saturated carbocycles. The Bertz CT molecular complexity index is 652. The zero-order valence-corrected chi connectivity index (χ0v) is 12.2. The minimum atomic E-state index is -0.859. The summed E-state index contributed by atoms with van der Waals surface area (Å²) in [6.45, 7) is 3.81. The van der Waals surface area contributed by atoms with Crippen molar-refractivity contribution in [1.82, 2.24) is 0 Å². The third kappa shape index (κ3) is 2.77. The van der Waals surface area contributed by atoms with Crippen LogP contribution in [0.2, 0.25) is 0 Å². The second-order valence-electron chi connectivity index (χ2n) is 5.56. The number of hydrogen-bond acceptors (Lipinski definition) is 2. The van der Waals surface area contributed by atoms with Crippen molar-refractivity contribution in [1.29, 1.82) is 0 Å². The lowest BCUT2D eigenvalue weighted by Crippen LogP contribution is -2.26. The van der Waals surface area contributed by atoms with Gasteiger partial charge in [-0.25, -0.2) is 4.79 Å². The fraction of sp³-hybridized carbons (Fsp3) is 0.278. The van der Waals surface area contributed by atoms with E-state index in [2.05, 4.69) is 29.2 Å². The highest BCUT2D eigenvalue weighted by molar-refractivity contribution is 5.89. The number of nitrogens with zero attached hydrogens (tertiary/aromatic N) is 1. The van der Waals surface area contributed by atoms with E-state index in [1.54, 1.807) is 6.07 Å². The molecule has 0 spiro atoms. The van der Waals surface area contributed by atoms with Gasteiger partial charge in [0.15, 0.2) is 0 Å². The van der Waals surface area contributed by atoms with Crippen molar-refractivity contribution in [3.63, 3.8) is 0 Å². The summed E-state index contributed by atoms with van der Waals surface area (Å²) in [7, 11) is 0. The summed E-state index contributed by atoms with van der Waals surface area (Å²) >= 11 is 0. The molecule has 2 aromatic rings. The Morgan fingerprint density at radius 3 is 2.19 bits per heavy atom. The van der Waals surface area contributed by atoms with Crippen LogP contribution < -0.4 is 4.90 Å². The smallest absolute Gasteiger partial charge is 0.335 e. The van der Waals surface area contributed by atoms with Gasteiger partial charge in [-0.3, -0.25) is 0 Å². The minimum absolute atomic E-state index is 0.386. The first-order chi connectivity index (χ1) is 10.1. The van der Waals surface area contributed by atoms with Gasteiger partial charge >= 0.3 is 5.97 Å². The van der Waals surface area contributed by atoms with Crippen molar-refractivity contribution < 1.29 is 9.90 Å². The summed E-state index contributed by atoms with van der Waals surface area (Å²) < 4.78 is 0. The van der Waals surface area contributed by atoms with Crippen LogP contribution in [0.3, 0.4) is 0 Å². The molecule has 108 valence electrons. The molecule has 1 aliphatic rings. The first-order valence-electron chi connectivity index (χ1n) is 7.31. The molecule has 0 atom stereocenters. The maximum atomic E-state index is 11.1. The average molecular weight is 281 g/mol. The van der Waals surface area contributed by atoms with Crippen LogP contribution in [0, 0.1) is 6.92 Å². The number of hydrogen-bond donors (Lipinski definition) is 1. The van der Waals surface area contributed by atoms with Gasteiger partial charge in [0.1, 0.15) is 0 Å². The van der Waals surface area contributed by atoms with Crippen molar-refractivity contribution in [3.05, 3.63) is 64.7 Å². The van der Waals surface area contributed by atoms with Gasteiger partial charge in [0.05, 0.1) is 5.56 Å². The molecule has 0 amide bonds. The van der Waals surface area contributed by atoms with Crippen LogP contribution in [0.5, 0.6) is 0 Å². The van der Waals surface area contributed by atoms with Gasteiger partial charge in [0, 0.05) is 18.8 Å². The molecule has 3 nitrogen and oxygen atoms in total. The summed E-state index contributed by atoms with van der Waals surface area (Å²) in [5.74, 6) is -0.859.